The Morgan fingerprint density at radius 1 is 1.80 bits per heavy atom. The number of rotatable bonds is 2. The molecule has 0 aromatic carbocycles. The molecule has 0 N–H and O–H groups in total. The minimum Gasteiger partial charge on any atom is -0.354 e. The average Bonchev–Trinajstić information content (AvgIpc) is 2.37. The van der Waals surface area contributed by atoms with E-state index in [9.17, 15) is 0 Å². The lowest BCUT2D eigenvalue weighted by Gasteiger charge is -1.90. The Morgan fingerprint density at radius 2 is 2.60 bits per heavy atom. The molecule has 0 unspecified atom stereocenters. The normalized spacial score (nSPS) is 8.90. The zero-order valence-corrected chi connectivity index (χ0v) is 5.73. The molecule has 0 radical (unpaired) electrons. The second kappa shape index (κ2) is 2.94. The van der Waals surface area contributed by atoms with Crippen LogP contribution in [0.1, 0.15) is 6.92 Å². The Hall–Kier alpha value is -1.41. The van der Waals surface area contributed by atoms with Gasteiger partial charge >= 0.3 is 0 Å². The van der Waals surface area contributed by atoms with Gasteiger partial charge in [0.05, 0.1) is 5.69 Å². The summed E-state index contributed by atoms with van der Waals surface area (Å²) in [5.41, 5.74) is 8.72. The summed E-state index contributed by atoms with van der Waals surface area (Å²) in [7, 11) is 0. The van der Waals surface area contributed by atoms with Crippen LogP contribution < -0.4 is 0 Å². The molecule has 0 aliphatic heterocycles. The van der Waals surface area contributed by atoms with E-state index in [2.05, 4.69) is 10.0 Å². The summed E-state index contributed by atoms with van der Waals surface area (Å²) >= 11 is 0. The first kappa shape index (κ1) is 6.71. The highest BCUT2D eigenvalue weighted by Gasteiger charge is 1.88. The van der Waals surface area contributed by atoms with E-state index in [1.54, 1.807) is 12.3 Å². The minimum absolute atomic E-state index is 0.671. The predicted octanol–water partition coefficient (Wildman–Crippen LogP) is 2.45. The maximum Gasteiger partial charge on any atom is 0.0551 e. The molecule has 1 heterocycles. The highest BCUT2D eigenvalue weighted by atomic mass is 15.1. The molecule has 0 fully saturated rings. The third kappa shape index (κ3) is 1.30. The molecule has 0 saturated carbocycles. The van der Waals surface area contributed by atoms with Gasteiger partial charge in [-0.3, -0.25) is 0 Å². The fourth-order valence-corrected chi connectivity index (χ4v) is 0.736. The van der Waals surface area contributed by atoms with E-state index < -0.39 is 0 Å². The lowest BCUT2D eigenvalue weighted by Crippen LogP contribution is -1.85. The van der Waals surface area contributed by atoms with Gasteiger partial charge in [-0.15, -0.1) is 0 Å². The Balaban J connectivity index is 2.87. The van der Waals surface area contributed by atoms with Crippen LogP contribution in [0.15, 0.2) is 23.6 Å². The van der Waals surface area contributed by atoms with Crippen molar-refractivity contribution in [2.75, 3.05) is 0 Å². The Morgan fingerprint density at radius 3 is 3.10 bits per heavy atom. The summed E-state index contributed by atoms with van der Waals surface area (Å²) in [6, 6.07) is 1.78. The summed E-state index contributed by atoms with van der Waals surface area (Å²) in [5.74, 6) is 0. The molecule has 4 nitrogen and oxygen atoms in total. The molecule has 52 valence electrons. The molecule has 0 atom stereocenters. The zero-order chi connectivity index (χ0) is 7.40. The highest BCUT2D eigenvalue weighted by Crippen LogP contribution is 2.11. The van der Waals surface area contributed by atoms with Crippen molar-refractivity contribution in [3.63, 3.8) is 0 Å². The smallest absolute Gasteiger partial charge is 0.0551 e. The lowest BCUT2D eigenvalue weighted by atomic mass is 10.6. The van der Waals surface area contributed by atoms with E-state index in [0.29, 0.717) is 5.69 Å². The molecule has 0 bridgehead atoms. The summed E-state index contributed by atoms with van der Waals surface area (Å²) in [4.78, 5) is 2.67. The zero-order valence-electron chi connectivity index (χ0n) is 5.73. The summed E-state index contributed by atoms with van der Waals surface area (Å²) in [6.45, 7) is 2.93. The van der Waals surface area contributed by atoms with Gasteiger partial charge < -0.3 is 4.57 Å². The van der Waals surface area contributed by atoms with Gasteiger partial charge in [-0.1, -0.05) is 5.11 Å². The first-order chi connectivity index (χ1) is 4.86. The van der Waals surface area contributed by atoms with Gasteiger partial charge in [0.2, 0.25) is 0 Å². The Bertz CT molecular complexity index is 256. The van der Waals surface area contributed by atoms with Crippen molar-refractivity contribution in [3.05, 3.63) is 28.9 Å². The minimum atomic E-state index is 0.671. The fourth-order valence-electron chi connectivity index (χ4n) is 0.736. The number of hydrogen-bond acceptors (Lipinski definition) is 1. The second-order valence-corrected chi connectivity index (χ2v) is 1.89. The number of azide groups is 1. The van der Waals surface area contributed by atoms with E-state index >= 15 is 0 Å². The van der Waals surface area contributed by atoms with Gasteiger partial charge in [0.15, 0.2) is 0 Å². The first-order valence-electron chi connectivity index (χ1n) is 3.07. The number of hydrogen-bond donors (Lipinski definition) is 0. The largest absolute Gasteiger partial charge is 0.354 e. The molecule has 1 aromatic heterocycles. The molecular weight excluding hydrogens is 128 g/mol. The molecule has 4 heteroatoms. The molecule has 0 aliphatic carbocycles. The van der Waals surface area contributed by atoms with E-state index in [0.717, 1.165) is 6.54 Å². The Kier molecular flexibility index (Phi) is 1.97. The van der Waals surface area contributed by atoms with Crippen molar-refractivity contribution in [1.29, 1.82) is 0 Å². The van der Waals surface area contributed by atoms with Gasteiger partial charge in [-0.2, -0.15) is 0 Å². The number of aryl methyl sites for hydroxylation is 1. The first-order valence-corrected chi connectivity index (χ1v) is 3.07. The van der Waals surface area contributed by atoms with Crippen LogP contribution in [0.3, 0.4) is 0 Å². The molecule has 1 aromatic rings. The van der Waals surface area contributed by atoms with Gasteiger partial charge in [0.25, 0.3) is 0 Å². The molecule has 1 rings (SSSR count). The fraction of sp³-hybridized carbons (Fsp3) is 0.333. The molecule has 0 amide bonds. The van der Waals surface area contributed by atoms with Crippen molar-refractivity contribution < 1.29 is 0 Å². The van der Waals surface area contributed by atoms with Gasteiger partial charge in [0, 0.05) is 23.9 Å². The van der Waals surface area contributed by atoms with Crippen LogP contribution in [0, 0.1) is 0 Å². The SMILES string of the molecule is CCn1ccc(N=[N+]=[N-])c1. The average molecular weight is 136 g/mol. The summed E-state index contributed by atoms with van der Waals surface area (Å²) < 4.78 is 1.95. The summed E-state index contributed by atoms with van der Waals surface area (Å²) in [6.07, 6.45) is 3.68. The van der Waals surface area contributed by atoms with Crippen molar-refractivity contribution in [3.8, 4) is 0 Å². The van der Waals surface area contributed by atoms with Crippen LogP contribution in [-0.2, 0) is 6.54 Å². The predicted molar refractivity (Wildman–Crippen MR) is 38.9 cm³/mol. The van der Waals surface area contributed by atoms with E-state index in [1.807, 2.05) is 17.7 Å². The second-order valence-electron chi connectivity index (χ2n) is 1.89. The van der Waals surface area contributed by atoms with Crippen LogP contribution in [0.5, 0.6) is 0 Å². The standard InChI is InChI=1S/C6H8N4/c1-2-10-4-3-6(5-10)8-9-7/h3-5H,2H2,1H3. The van der Waals surface area contributed by atoms with E-state index in [1.165, 1.54) is 0 Å². The highest BCUT2D eigenvalue weighted by molar-refractivity contribution is 5.33. The van der Waals surface area contributed by atoms with E-state index in [4.69, 9.17) is 5.53 Å². The third-order valence-corrected chi connectivity index (χ3v) is 1.26. The van der Waals surface area contributed by atoms with Crippen LogP contribution in [-0.4, -0.2) is 4.57 Å². The lowest BCUT2D eigenvalue weighted by molar-refractivity contribution is 0.769. The maximum atomic E-state index is 8.05. The molecule has 10 heavy (non-hydrogen) atoms. The van der Waals surface area contributed by atoms with Crippen molar-refractivity contribution in [1.82, 2.24) is 4.57 Å². The molecular formula is C6H8N4. The van der Waals surface area contributed by atoms with Crippen LogP contribution in [0.2, 0.25) is 0 Å². The maximum absolute atomic E-state index is 8.05. The molecule has 0 saturated heterocycles. The number of nitrogens with zero attached hydrogens (tertiary/aromatic N) is 4. The molecule has 0 spiro atoms. The van der Waals surface area contributed by atoms with Crippen LogP contribution in [0.25, 0.3) is 10.4 Å². The van der Waals surface area contributed by atoms with Crippen LogP contribution >= 0.6 is 0 Å². The Labute approximate surface area is 58.7 Å². The van der Waals surface area contributed by atoms with Gasteiger partial charge in [0.1, 0.15) is 0 Å². The third-order valence-electron chi connectivity index (χ3n) is 1.26. The quantitative estimate of drug-likeness (QED) is 0.340. The van der Waals surface area contributed by atoms with E-state index in [-0.39, 0.29) is 0 Å². The van der Waals surface area contributed by atoms with Crippen LogP contribution in [0.4, 0.5) is 5.69 Å². The summed E-state index contributed by atoms with van der Waals surface area (Å²) in [5, 5.41) is 3.44. The van der Waals surface area contributed by atoms with Crippen molar-refractivity contribution >= 4 is 5.69 Å². The topological polar surface area (TPSA) is 53.7 Å². The number of aromatic nitrogens is 1. The van der Waals surface area contributed by atoms with Gasteiger partial charge in [-0.25, -0.2) is 0 Å². The molecule has 0 aliphatic rings. The van der Waals surface area contributed by atoms with Crippen molar-refractivity contribution in [2.45, 2.75) is 13.5 Å². The monoisotopic (exact) mass is 136 g/mol. The van der Waals surface area contributed by atoms with Crippen molar-refractivity contribution in [2.24, 2.45) is 5.11 Å². The van der Waals surface area contributed by atoms with Gasteiger partial charge in [-0.05, 0) is 18.5 Å².